The maximum atomic E-state index is 13.2. The van der Waals surface area contributed by atoms with Gasteiger partial charge in [0.05, 0.1) is 17.1 Å². The van der Waals surface area contributed by atoms with Crippen molar-refractivity contribution in [1.82, 2.24) is 5.32 Å². The van der Waals surface area contributed by atoms with Crippen molar-refractivity contribution in [2.45, 2.75) is 76.4 Å². The van der Waals surface area contributed by atoms with Crippen molar-refractivity contribution in [3.05, 3.63) is 46.5 Å². The number of carboxylic acid groups (broad SMARTS) is 1. The SMILES string of the molecule is Cc1cc(CCCC(=O)O)cc(C(C)(C)C(=O)N[C@H]2C=C3C4C[C@H]2C[C@]3(O)C4)c1. The highest BCUT2D eigenvalue weighted by atomic mass is 16.4. The largest absolute Gasteiger partial charge is 0.481 e. The molecule has 0 aliphatic heterocycles. The zero-order valence-corrected chi connectivity index (χ0v) is 17.5. The molecule has 5 heteroatoms. The van der Waals surface area contributed by atoms with Crippen LogP contribution in [0.1, 0.15) is 62.6 Å². The van der Waals surface area contributed by atoms with Gasteiger partial charge >= 0.3 is 5.97 Å². The van der Waals surface area contributed by atoms with Crippen LogP contribution in [0, 0.1) is 18.8 Å². The molecule has 0 heterocycles. The Balaban J connectivity index is 1.48. The van der Waals surface area contributed by atoms with E-state index in [9.17, 15) is 14.7 Å². The molecule has 3 N–H and O–H groups in total. The van der Waals surface area contributed by atoms with E-state index in [2.05, 4.69) is 17.5 Å². The van der Waals surface area contributed by atoms with Gasteiger partial charge in [-0.15, -0.1) is 0 Å². The first-order valence-electron chi connectivity index (χ1n) is 10.7. The number of carbonyl (C=O) groups is 2. The summed E-state index contributed by atoms with van der Waals surface area (Å²) < 4.78 is 0. The predicted octanol–water partition coefficient (Wildman–Crippen LogP) is 3.27. The van der Waals surface area contributed by atoms with Crippen molar-refractivity contribution in [2.24, 2.45) is 11.8 Å². The fraction of sp³-hybridized carbons (Fsp3) is 0.583. The molecule has 3 fully saturated rings. The lowest BCUT2D eigenvalue weighted by Gasteiger charge is -2.59. The summed E-state index contributed by atoms with van der Waals surface area (Å²) in [4.78, 5) is 24.0. The number of hydrogen-bond donors (Lipinski definition) is 3. The van der Waals surface area contributed by atoms with Crippen LogP contribution in [0.3, 0.4) is 0 Å². The molecule has 1 unspecified atom stereocenters. The van der Waals surface area contributed by atoms with Crippen LogP contribution < -0.4 is 5.32 Å². The van der Waals surface area contributed by atoms with E-state index in [-0.39, 0.29) is 18.4 Å². The van der Waals surface area contributed by atoms with Gasteiger partial charge in [-0.1, -0.05) is 29.8 Å². The molecule has 1 aromatic carbocycles. The van der Waals surface area contributed by atoms with Crippen LogP contribution in [0.2, 0.25) is 0 Å². The topological polar surface area (TPSA) is 86.6 Å². The van der Waals surface area contributed by atoms with Crippen LogP contribution in [-0.2, 0) is 21.4 Å². The smallest absolute Gasteiger partial charge is 0.303 e. The molecule has 0 aromatic heterocycles. The highest BCUT2D eigenvalue weighted by Crippen LogP contribution is 2.59. The normalized spacial score (nSPS) is 29.8. The summed E-state index contributed by atoms with van der Waals surface area (Å²) in [6, 6.07) is 6.16. The summed E-state index contributed by atoms with van der Waals surface area (Å²) in [6.45, 7) is 5.89. The van der Waals surface area contributed by atoms with E-state index in [0.29, 0.717) is 24.7 Å². The molecule has 0 spiro atoms. The van der Waals surface area contributed by atoms with Crippen molar-refractivity contribution in [1.29, 1.82) is 0 Å². The van der Waals surface area contributed by atoms with Gasteiger partial charge in [-0.25, -0.2) is 0 Å². The average Bonchev–Trinajstić information content (AvgIpc) is 2.62. The molecule has 4 bridgehead atoms. The third-order valence-corrected chi connectivity index (χ3v) is 7.20. The number of aryl methyl sites for hydroxylation is 2. The second-order valence-corrected chi connectivity index (χ2v) is 9.83. The third-order valence-electron chi connectivity index (χ3n) is 7.20. The molecule has 1 amide bonds. The molecule has 1 aromatic rings. The molecule has 4 atom stereocenters. The molecule has 5 aliphatic rings. The molecule has 29 heavy (non-hydrogen) atoms. The standard InChI is InChI=1S/C24H31NO4/c1-14-7-15(5-4-6-21(26)27)9-18(8-14)23(2,3)22(28)25-20-11-19-16-10-17(20)13-24(19,29)12-16/h7-9,11,16-17,20,29H,4-6,10,12-13H2,1-3H3,(H,25,28)(H,26,27)/t16?,17-,20-,24+/m0/s1. The van der Waals surface area contributed by atoms with Gasteiger partial charge < -0.3 is 15.5 Å². The number of aliphatic hydroxyl groups is 1. The minimum absolute atomic E-state index is 0.00495. The van der Waals surface area contributed by atoms with Gasteiger partial charge in [0, 0.05) is 6.42 Å². The van der Waals surface area contributed by atoms with E-state index in [4.69, 9.17) is 5.11 Å². The molecule has 6 rings (SSSR count). The number of carboxylic acids is 1. The number of aliphatic carboxylic acids is 1. The second kappa shape index (κ2) is 6.98. The first-order valence-corrected chi connectivity index (χ1v) is 10.7. The Morgan fingerprint density at radius 3 is 2.62 bits per heavy atom. The van der Waals surface area contributed by atoms with Crippen LogP contribution in [0.4, 0.5) is 0 Å². The molecule has 156 valence electrons. The van der Waals surface area contributed by atoms with Gasteiger partial charge in [0.15, 0.2) is 0 Å². The molecular formula is C24H31NO4. The van der Waals surface area contributed by atoms with Crippen molar-refractivity contribution in [3.8, 4) is 0 Å². The van der Waals surface area contributed by atoms with E-state index >= 15 is 0 Å². The predicted molar refractivity (Wildman–Crippen MR) is 111 cm³/mol. The molecule has 5 aliphatic carbocycles. The first-order chi connectivity index (χ1) is 13.6. The lowest BCUT2D eigenvalue weighted by molar-refractivity contribution is -0.137. The Bertz CT molecular complexity index is 887. The molecule has 0 radical (unpaired) electrons. The van der Waals surface area contributed by atoms with Gasteiger partial charge in [0.2, 0.25) is 5.91 Å². The summed E-state index contributed by atoms with van der Waals surface area (Å²) >= 11 is 0. The van der Waals surface area contributed by atoms with E-state index in [1.165, 1.54) is 0 Å². The number of benzene rings is 1. The van der Waals surface area contributed by atoms with Crippen LogP contribution >= 0.6 is 0 Å². The van der Waals surface area contributed by atoms with Crippen LogP contribution in [0.25, 0.3) is 0 Å². The Morgan fingerprint density at radius 2 is 2.00 bits per heavy atom. The number of carbonyl (C=O) groups excluding carboxylic acids is 1. The number of rotatable bonds is 7. The molecule has 3 saturated carbocycles. The van der Waals surface area contributed by atoms with Gasteiger partial charge in [0.25, 0.3) is 0 Å². The van der Waals surface area contributed by atoms with E-state index in [1.807, 2.05) is 32.9 Å². The number of nitrogens with one attached hydrogen (secondary N) is 1. The lowest BCUT2D eigenvalue weighted by atomic mass is 9.50. The Labute approximate surface area is 172 Å². The van der Waals surface area contributed by atoms with Crippen molar-refractivity contribution in [3.63, 3.8) is 0 Å². The summed E-state index contributed by atoms with van der Waals surface area (Å²) in [5.41, 5.74) is 2.96. The minimum atomic E-state index is -0.782. The van der Waals surface area contributed by atoms with Crippen LogP contribution in [0.5, 0.6) is 0 Å². The highest BCUT2D eigenvalue weighted by molar-refractivity contribution is 5.88. The highest BCUT2D eigenvalue weighted by Gasteiger charge is 2.58. The molecule has 5 nitrogen and oxygen atoms in total. The Morgan fingerprint density at radius 1 is 1.24 bits per heavy atom. The molecular weight excluding hydrogens is 366 g/mol. The number of hydrogen-bond acceptors (Lipinski definition) is 3. The van der Waals surface area contributed by atoms with Crippen molar-refractivity contribution in [2.75, 3.05) is 0 Å². The monoisotopic (exact) mass is 397 g/mol. The van der Waals surface area contributed by atoms with Crippen LogP contribution in [0.15, 0.2) is 29.8 Å². The first kappa shape index (κ1) is 20.1. The van der Waals surface area contributed by atoms with Gasteiger partial charge in [-0.2, -0.15) is 0 Å². The minimum Gasteiger partial charge on any atom is -0.481 e. The zero-order valence-electron chi connectivity index (χ0n) is 17.5. The van der Waals surface area contributed by atoms with E-state index in [1.54, 1.807) is 0 Å². The molecule has 0 saturated heterocycles. The lowest BCUT2D eigenvalue weighted by Crippen LogP contribution is -2.62. The zero-order chi connectivity index (χ0) is 21.0. The maximum absolute atomic E-state index is 13.2. The average molecular weight is 398 g/mol. The summed E-state index contributed by atoms with van der Waals surface area (Å²) in [7, 11) is 0. The fourth-order valence-corrected chi connectivity index (χ4v) is 5.51. The van der Waals surface area contributed by atoms with Gasteiger partial charge in [-0.3, -0.25) is 9.59 Å². The Hall–Kier alpha value is -2.14. The number of amides is 1. The van der Waals surface area contributed by atoms with Gasteiger partial charge in [0.1, 0.15) is 0 Å². The second-order valence-electron chi connectivity index (χ2n) is 9.83. The third kappa shape index (κ3) is 3.61. The summed E-state index contributed by atoms with van der Waals surface area (Å²) in [5, 5.41) is 22.7. The van der Waals surface area contributed by atoms with Crippen LogP contribution in [-0.4, -0.2) is 33.7 Å². The number of fused-ring (bicyclic) bond motifs is 1. The fourth-order valence-electron chi connectivity index (χ4n) is 5.51. The van der Waals surface area contributed by atoms with E-state index < -0.39 is 17.0 Å². The van der Waals surface area contributed by atoms with Crippen molar-refractivity contribution >= 4 is 11.9 Å². The van der Waals surface area contributed by atoms with Gasteiger partial charge in [-0.05, 0) is 81.4 Å². The summed E-state index contributed by atoms with van der Waals surface area (Å²) in [5.74, 6) is 0.0514. The Kier molecular flexibility index (Phi) is 4.85. The maximum Gasteiger partial charge on any atom is 0.303 e. The van der Waals surface area contributed by atoms with Crippen molar-refractivity contribution < 1.29 is 19.8 Å². The summed E-state index contributed by atoms with van der Waals surface area (Å²) in [6.07, 6.45) is 6.25. The van der Waals surface area contributed by atoms with E-state index in [0.717, 1.165) is 41.5 Å². The quantitative estimate of drug-likeness (QED) is 0.617.